The molecule has 0 N–H and O–H groups in total. The molecule has 1 heterocycles. The Hall–Kier alpha value is -0.830. The fourth-order valence-electron chi connectivity index (χ4n) is 2.13. The number of likely N-dealkylation sites (N-methyl/N-ethyl adjacent to an activating group) is 1. The van der Waals surface area contributed by atoms with Gasteiger partial charge in [-0.1, -0.05) is 6.58 Å². The van der Waals surface area contributed by atoms with Crippen molar-refractivity contribution in [1.82, 2.24) is 9.80 Å². The molecule has 13 heavy (non-hydrogen) atoms. The van der Waals surface area contributed by atoms with Crippen LogP contribution in [0.1, 0.15) is 13.8 Å². The molecule has 1 fully saturated rings. The third kappa shape index (κ3) is 2.10. The first-order chi connectivity index (χ1) is 6.06. The quantitative estimate of drug-likeness (QED) is 0.558. The van der Waals surface area contributed by atoms with E-state index in [-0.39, 0.29) is 5.91 Å². The molecule has 0 radical (unpaired) electrons. The lowest BCUT2D eigenvalue weighted by molar-refractivity contribution is -0.133. The zero-order valence-electron chi connectivity index (χ0n) is 8.66. The molecule has 2 atom stereocenters. The summed E-state index contributed by atoms with van der Waals surface area (Å²) in [5.74, 6) is 0.0492. The number of nitrogens with zero attached hydrogens (tertiary/aromatic N) is 2. The van der Waals surface area contributed by atoms with E-state index in [1.165, 1.54) is 6.08 Å². The molecule has 0 aromatic carbocycles. The van der Waals surface area contributed by atoms with Crippen molar-refractivity contribution in [1.29, 1.82) is 0 Å². The van der Waals surface area contributed by atoms with Gasteiger partial charge in [0.05, 0.1) is 0 Å². The molecule has 1 aliphatic rings. The van der Waals surface area contributed by atoms with E-state index in [1.807, 2.05) is 4.90 Å². The average Bonchev–Trinajstić information content (AvgIpc) is 2.02. The summed E-state index contributed by atoms with van der Waals surface area (Å²) in [6.07, 6.45) is 1.40. The van der Waals surface area contributed by atoms with Gasteiger partial charge in [-0.3, -0.25) is 4.79 Å². The van der Waals surface area contributed by atoms with Crippen LogP contribution in [0.15, 0.2) is 12.7 Å². The Bertz CT molecular complexity index is 203. The molecule has 1 aliphatic heterocycles. The molecule has 1 amide bonds. The van der Waals surface area contributed by atoms with Gasteiger partial charge < -0.3 is 9.80 Å². The maximum absolute atomic E-state index is 11.5. The largest absolute Gasteiger partial charge is 0.331 e. The van der Waals surface area contributed by atoms with Crippen molar-refractivity contribution in [2.75, 3.05) is 20.1 Å². The maximum atomic E-state index is 11.5. The maximum Gasteiger partial charge on any atom is 0.246 e. The predicted octanol–water partition coefficient (Wildman–Crippen LogP) is 0.723. The lowest BCUT2D eigenvalue weighted by atomic mass is 10.1. The lowest BCUT2D eigenvalue weighted by Crippen LogP contribution is -2.57. The molecule has 0 aromatic rings. The van der Waals surface area contributed by atoms with Gasteiger partial charge in [0.2, 0.25) is 5.91 Å². The summed E-state index contributed by atoms with van der Waals surface area (Å²) >= 11 is 0. The molecule has 0 aromatic heterocycles. The van der Waals surface area contributed by atoms with Crippen LogP contribution in [0.5, 0.6) is 0 Å². The van der Waals surface area contributed by atoms with Gasteiger partial charge in [0.25, 0.3) is 0 Å². The van der Waals surface area contributed by atoms with E-state index in [2.05, 4.69) is 32.4 Å². The molecular weight excluding hydrogens is 164 g/mol. The lowest BCUT2D eigenvalue weighted by Gasteiger charge is -2.42. The van der Waals surface area contributed by atoms with E-state index in [0.717, 1.165) is 13.1 Å². The van der Waals surface area contributed by atoms with E-state index in [9.17, 15) is 4.79 Å². The second-order valence-electron chi connectivity index (χ2n) is 3.87. The Morgan fingerprint density at radius 3 is 2.23 bits per heavy atom. The van der Waals surface area contributed by atoms with Crippen LogP contribution in [0.3, 0.4) is 0 Å². The van der Waals surface area contributed by atoms with Crippen molar-refractivity contribution in [2.45, 2.75) is 25.9 Å². The van der Waals surface area contributed by atoms with Gasteiger partial charge in [0.15, 0.2) is 0 Å². The summed E-state index contributed by atoms with van der Waals surface area (Å²) in [7, 11) is 2.09. The number of amides is 1. The highest BCUT2D eigenvalue weighted by molar-refractivity contribution is 5.87. The first kappa shape index (κ1) is 10.3. The van der Waals surface area contributed by atoms with Gasteiger partial charge in [0.1, 0.15) is 0 Å². The van der Waals surface area contributed by atoms with Gasteiger partial charge in [-0.05, 0) is 27.0 Å². The molecule has 0 aliphatic carbocycles. The van der Waals surface area contributed by atoms with Crippen LogP contribution >= 0.6 is 0 Å². The van der Waals surface area contributed by atoms with Crippen LogP contribution in [0.25, 0.3) is 0 Å². The van der Waals surface area contributed by atoms with Gasteiger partial charge in [-0.15, -0.1) is 0 Å². The van der Waals surface area contributed by atoms with Crippen molar-refractivity contribution >= 4 is 5.91 Å². The second kappa shape index (κ2) is 3.92. The topological polar surface area (TPSA) is 23.6 Å². The SMILES string of the molecule is C=CC(=O)N1[C@H](C)CN(C)C[C@@H]1C. The first-order valence-electron chi connectivity index (χ1n) is 4.69. The van der Waals surface area contributed by atoms with Gasteiger partial charge in [-0.25, -0.2) is 0 Å². The highest BCUT2D eigenvalue weighted by atomic mass is 16.2. The van der Waals surface area contributed by atoms with Gasteiger partial charge >= 0.3 is 0 Å². The van der Waals surface area contributed by atoms with E-state index in [4.69, 9.17) is 0 Å². The molecule has 0 unspecified atom stereocenters. The fraction of sp³-hybridized carbons (Fsp3) is 0.700. The molecule has 1 saturated heterocycles. The third-order valence-electron chi connectivity index (χ3n) is 2.53. The summed E-state index contributed by atoms with van der Waals surface area (Å²) in [6, 6.07) is 0.582. The molecule has 0 bridgehead atoms. The number of rotatable bonds is 1. The van der Waals surface area contributed by atoms with Crippen LogP contribution < -0.4 is 0 Å². The standard InChI is InChI=1S/C10H18N2O/c1-5-10(13)12-8(2)6-11(4)7-9(12)3/h5,8-9H,1,6-7H2,2-4H3/t8-,9+. The van der Waals surface area contributed by atoms with Crippen LogP contribution in [0.2, 0.25) is 0 Å². The second-order valence-corrected chi connectivity index (χ2v) is 3.87. The molecule has 3 nitrogen and oxygen atoms in total. The number of piperazine rings is 1. The number of hydrogen-bond acceptors (Lipinski definition) is 2. The van der Waals surface area contributed by atoms with E-state index in [0.29, 0.717) is 12.1 Å². The van der Waals surface area contributed by atoms with Gasteiger partial charge in [0, 0.05) is 25.2 Å². The summed E-state index contributed by atoms with van der Waals surface area (Å²) < 4.78 is 0. The molecular formula is C10H18N2O. The minimum atomic E-state index is 0.0492. The predicted molar refractivity (Wildman–Crippen MR) is 53.5 cm³/mol. The summed E-state index contributed by atoms with van der Waals surface area (Å²) in [4.78, 5) is 15.6. The van der Waals surface area contributed by atoms with Crippen LogP contribution in [-0.2, 0) is 4.79 Å². The number of carbonyl (C=O) groups excluding carboxylic acids is 1. The zero-order chi connectivity index (χ0) is 10.0. The van der Waals surface area contributed by atoms with Crippen molar-refractivity contribution < 1.29 is 4.79 Å². The monoisotopic (exact) mass is 182 g/mol. The molecule has 0 spiro atoms. The highest BCUT2D eigenvalue weighted by Gasteiger charge is 2.29. The fourth-order valence-corrected chi connectivity index (χ4v) is 2.13. The van der Waals surface area contributed by atoms with Crippen LogP contribution in [0.4, 0.5) is 0 Å². The Balaban J connectivity index is 2.72. The Morgan fingerprint density at radius 1 is 1.38 bits per heavy atom. The van der Waals surface area contributed by atoms with E-state index < -0.39 is 0 Å². The average molecular weight is 182 g/mol. The number of hydrogen-bond donors (Lipinski definition) is 0. The molecule has 74 valence electrons. The highest BCUT2D eigenvalue weighted by Crippen LogP contribution is 2.14. The van der Waals surface area contributed by atoms with Crippen LogP contribution in [0, 0.1) is 0 Å². The van der Waals surface area contributed by atoms with Gasteiger partial charge in [-0.2, -0.15) is 0 Å². The molecule has 3 heteroatoms. The third-order valence-corrected chi connectivity index (χ3v) is 2.53. The minimum absolute atomic E-state index is 0.0492. The van der Waals surface area contributed by atoms with Crippen molar-refractivity contribution in [2.24, 2.45) is 0 Å². The Labute approximate surface area is 80.0 Å². The summed E-state index contributed by atoms with van der Waals surface area (Å²) in [5, 5.41) is 0. The first-order valence-corrected chi connectivity index (χ1v) is 4.69. The van der Waals surface area contributed by atoms with Crippen molar-refractivity contribution in [3.05, 3.63) is 12.7 Å². The van der Waals surface area contributed by atoms with Crippen molar-refractivity contribution in [3.63, 3.8) is 0 Å². The summed E-state index contributed by atoms with van der Waals surface area (Å²) in [6.45, 7) is 9.57. The van der Waals surface area contributed by atoms with E-state index in [1.54, 1.807) is 0 Å². The zero-order valence-corrected chi connectivity index (χ0v) is 8.66. The molecule has 1 rings (SSSR count). The van der Waals surface area contributed by atoms with Crippen LogP contribution in [-0.4, -0.2) is 47.9 Å². The Kier molecular flexibility index (Phi) is 3.09. The molecule has 0 saturated carbocycles. The minimum Gasteiger partial charge on any atom is -0.331 e. The summed E-state index contributed by atoms with van der Waals surface area (Å²) in [5.41, 5.74) is 0. The van der Waals surface area contributed by atoms with Crippen molar-refractivity contribution in [3.8, 4) is 0 Å². The smallest absolute Gasteiger partial charge is 0.246 e. The Morgan fingerprint density at radius 2 is 1.85 bits per heavy atom. The number of carbonyl (C=O) groups is 1. The van der Waals surface area contributed by atoms with E-state index >= 15 is 0 Å². The normalized spacial score (nSPS) is 30.2.